The largest absolute Gasteiger partial charge is 0.497 e. The monoisotopic (exact) mass is 496 g/mol. The van der Waals surface area contributed by atoms with Crippen molar-refractivity contribution in [3.63, 3.8) is 0 Å². The standard InChI is InChI=1S/C26H23F3N4O3/c1-16(2)36-25-31-23(17-7-11-19(12-8-17)26(27,28)29)33(32-25)21-6-4-5-20(15-21)30-24(34)18-9-13-22(35-3)14-10-18/h4-16H,1-3H3,(H,30,34). The molecule has 0 bridgehead atoms. The molecule has 1 heterocycles. The first kappa shape index (κ1) is 24.8. The lowest BCUT2D eigenvalue weighted by atomic mass is 10.1. The number of anilines is 1. The molecule has 1 aromatic heterocycles. The van der Waals surface area contributed by atoms with E-state index in [-0.39, 0.29) is 23.8 Å². The zero-order valence-electron chi connectivity index (χ0n) is 19.7. The number of halogens is 3. The van der Waals surface area contributed by atoms with Gasteiger partial charge in [0, 0.05) is 16.8 Å². The molecule has 1 N–H and O–H groups in total. The van der Waals surface area contributed by atoms with E-state index in [0.29, 0.717) is 28.3 Å². The van der Waals surface area contributed by atoms with Crippen molar-refractivity contribution in [1.29, 1.82) is 0 Å². The van der Waals surface area contributed by atoms with E-state index in [9.17, 15) is 18.0 Å². The van der Waals surface area contributed by atoms with E-state index in [1.54, 1.807) is 55.6 Å². The van der Waals surface area contributed by atoms with Gasteiger partial charge in [0.05, 0.1) is 24.5 Å². The first-order valence-corrected chi connectivity index (χ1v) is 11.0. The molecule has 0 saturated carbocycles. The van der Waals surface area contributed by atoms with Crippen LogP contribution in [0.1, 0.15) is 29.8 Å². The molecule has 0 aliphatic heterocycles. The molecule has 186 valence electrons. The van der Waals surface area contributed by atoms with E-state index in [0.717, 1.165) is 12.1 Å². The first-order valence-electron chi connectivity index (χ1n) is 11.0. The Balaban J connectivity index is 1.67. The summed E-state index contributed by atoms with van der Waals surface area (Å²) in [6.07, 6.45) is -4.66. The van der Waals surface area contributed by atoms with Crippen molar-refractivity contribution >= 4 is 11.6 Å². The number of methoxy groups -OCH3 is 1. The van der Waals surface area contributed by atoms with Crippen molar-refractivity contribution in [3.05, 3.63) is 83.9 Å². The van der Waals surface area contributed by atoms with Gasteiger partial charge in [0.1, 0.15) is 5.75 Å². The number of alkyl halides is 3. The van der Waals surface area contributed by atoms with Crippen LogP contribution in [0.3, 0.4) is 0 Å². The summed E-state index contributed by atoms with van der Waals surface area (Å²) in [5, 5.41) is 7.23. The van der Waals surface area contributed by atoms with E-state index < -0.39 is 11.7 Å². The van der Waals surface area contributed by atoms with Crippen LogP contribution in [0.4, 0.5) is 18.9 Å². The minimum absolute atomic E-state index is 0.0765. The van der Waals surface area contributed by atoms with Gasteiger partial charge in [0.2, 0.25) is 0 Å². The van der Waals surface area contributed by atoms with Crippen molar-refractivity contribution in [3.8, 4) is 28.8 Å². The number of nitrogens with one attached hydrogen (secondary N) is 1. The minimum atomic E-state index is -4.45. The van der Waals surface area contributed by atoms with Crippen LogP contribution in [-0.2, 0) is 6.18 Å². The van der Waals surface area contributed by atoms with Crippen LogP contribution in [0.2, 0.25) is 0 Å². The summed E-state index contributed by atoms with van der Waals surface area (Å²) in [6, 6.07) is 18.2. The van der Waals surface area contributed by atoms with E-state index >= 15 is 0 Å². The highest BCUT2D eigenvalue weighted by Crippen LogP contribution is 2.32. The third-order valence-corrected chi connectivity index (χ3v) is 5.10. The van der Waals surface area contributed by atoms with Crippen molar-refractivity contribution in [1.82, 2.24) is 14.8 Å². The Morgan fingerprint density at radius 2 is 1.69 bits per heavy atom. The first-order chi connectivity index (χ1) is 17.1. The van der Waals surface area contributed by atoms with Gasteiger partial charge in [-0.1, -0.05) is 18.2 Å². The Morgan fingerprint density at radius 3 is 2.31 bits per heavy atom. The summed E-state index contributed by atoms with van der Waals surface area (Å²) in [5.41, 5.74) is 1.12. The lowest BCUT2D eigenvalue weighted by Gasteiger charge is -2.10. The molecule has 0 atom stereocenters. The number of amides is 1. The molecule has 0 radical (unpaired) electrons. The zero-order valence-corrected chi connectivity index (χ0v) is 19.7. The second-order valence-electron chi connectivity index (χ2n) is 8.10. The number of rotatable bonds is 7. The molecule has 7 nitrogen and oxygen atoms in total. The molecule has 0 fully saturated rings. The van der Waals surface area contributed by atoms with Crippen molar-refractivity contribution in [2.45, 2.75) is 26.1 Å². The predicted molar refractivity (Wildman–Crippen MR) is 129 cm³/mol. The molecule has 0 saturated heterocycles. The lowest BCUT2D eigenvalue weighted by molar-refractivity contribution is -0.137. The van der Waals surface area contributed by atoms with E-state index in [1.165, 1.54) is 16.8 Å². The van der Waals surface area contributed by atoms with E-state index in [4.69, 9.17) is 9.47 Å². The average Bonchev–Trinajstić information content (AvgIpc) is 3.27. The van der Waals surface area contributed by atoms with E-state index in [1.807, 2.05) is 13.8 Å². The molecule has 4 rings (SSSR count). The zero-order chi connectivity index (χ0) is 25.9. The number of carbonyl (C=O) groups is 1. The SMILES string of the molecule is COc1ccc(C(=O)Nc2cccc(-n3nc(OC(C)C)nc3-c3ccc(C(F)(F)F)cc3)c2)cc1. The van der Waals surface area contributed by atoms with Crippen molar-refractivity contribution in [2.24, 2.45) is 0 Å². The minimum Gasteiger partial charge on any atom is -0.497 e. The van der Waals surface area contributed by atoms with Crippen molar-refractivity contribution < 1.29 is 27.4 Å². The molecule has 4 aromatic rings. The maximum atomic E-state index is 13.0. The third kappa shape index (κ3) is 5.65. The smallest absolute Gasteiger partial charge is 0.416 e. The number of benzene rings is 3. The molecule has 0 unspecified atom stereocenters. The Morgan fingerprint density at radius 1 is 1.00 bits per heavy atom. The third-order valence-electron chi connectivity index (χ3n) is 5.10. The highest BCUT2D eigenvalue weighted by Gasteiger charge is 2.30. The quantitative estimate of drug-likeness (QED) is 0.340. The molecule has 36 heavy (non-hydrogen) atoms. The Kier molecular flexibility index (Phi) is 6.96. The molecular weight excluding hydrogens is 473 g/mol. The maximum absolute atomic E-state index is 13.0. The van der Waals surface area contributed by atoms with Crippen LogP contribution in [0.15, 0.2) is 72.8 Å². The van der Waals surface area contributed by atoms with Gasteiger partial charge in [-0.25, -0.2) is 4.68 Å². The van der Waals surface area contributed by atoms with Crippen LogP contribution < -0.4 is 14.8 Å². The second-order valence-corrected chi connectivity index (χ2v) is 8.10. The highest BCUT2D eigenvalue weighted by molar-refractivity contribution is 6.04. The second kappa shape index (κ2) is 10.1. The maximum Gasteiger partial charge on any atom is 0.416 e. The molecule has 1 amide bonds. The van der Waals surface area contributed by atoms with Crippen molar-refractivity contribution in [2.75, 3.05) is 12.4 Å². The Labute approximate surface area is 205 Å². The molecule has 0 aliphatic rings. The summed E-state index contributed by atoms with van der Waals surface area (Å²) in [7, 11) is 1.54. The van der Waals surface area contributed by atoms with Gasteiger partial charge in [-0.3, -0.25) is 4.79 Å². The van der Waals surface area contributed by atoms with Crippen LogP contribution in [0.5, 0.6) is 11.8 Å². The van der Waals surface area contributed by atoms with Gasteiger partial charge in [0.25, 0.3) is 5.91 Å². The topological polar surface area (TPSA) is 78.3 Å². The normalized spacial score (nSPS) is 11.4. The fourth-order valence-corrected chi connectivity index (χ4v) is 3.39. The van der Waals surface area contributed by atoms with Gasteiger partial charge in [-0.05, 0) is 68.4 Å². The summed E-state index contributed by atoms with van der Waals surface area (Å²) in [4.78, 5) is 17.1. The number of ether oxygens (including phenoxy) is 2. The van der Waals surface area contributed by atoms with Gasteiger partial charge in [0.15, 0.2) is 5.82 Å². The average molecular weight is 496 g/mol. The molecule has 0 aliphatic carbocycles. The number of hydrogen-bond donors (Lipinski definition) is 1. The summed E-state index contributed by atoms with van der Waals surface area (Å²) >= 11 is 0. The molecule has 10 heteroatoms. The number of hydrogen-bond acceptors (Lipinski definition) is 5. The van der Waals surface area contributed by atoms with Gasteiger partial charge < -0.3 is 14.8 Å². The summed E-state index contributed by atoms with van der Waals surface area (Å²) in [5.74, 6) is 0.605. The fraction of sp³-hybridized carbons (Fsp3) is 0.192. The van der Waals surface area contributed by atoms with Crippen LogP contribution in [0.25, 0.3) is 17.1 Å². The van der Waals surface area contributed by atoms with Gasteiger partial charge in [-0.15, -0.1) is 5.10 Å². The fourth-order valence-electron chi connectivity index (χ4n) is 3.39. The van der Waals surface area contributed by atoms with Crippen LogP contribution in [0, 0.1) is 0 Å². The molecule has 3 aromatic carbocycles. The van der Waals surface area contributed by atoms with Crippen LogP contribution >= 0.6 is 0 Å². The summed E-state index contributed by atoms with van der Waals surface area (Å²) in [6.45, 7) is 3.63. The van der Waals surface area contributed by atoms with Crippen LogP contribution in [-0.4, -0.2) is 33.9 Å². The van der Waals surface area contributed by atoms with Gasteiger partial charge >= 0.3 is 12.2 Å². The Hall–Kier alpha value is -4.34. The highest BCUT2D eigenvalue weighted by atomic mass is 19.4. The number of carbonyl (C=O) groups excluding carboxylic acids is 1. The molecular formula is C26H23F3N4O3. The summed E-state index contributed by atoms with van der Waals surface area (Å²) < 4.78 is 51.3. The molecule has 0 spiro atoms. The van der Waals surface area contributed by atoms with E-state index in [2.05, 4.69) is 15.4 Å². The number of nitrogens with zero attached hydrogens (tertiary/aromatic N) is 3. The number of aromatic nitrogens is 3. The lowest BCUT2D eigenvalue weighted by Crippen LogP contribution is -2.12. The van der Waals surface area contributed by atoms with Gasteiger partial charge in [-0.2, -0.15) is 18.2 Å². The predicted octanol–water partition coefficient (Wildman–Crippen LogP) is 6.00. The Bertz CT molecular complexity index is 1350.